The van der Waals surface area contributed by atoms with Crippen LogP contribution in [0.4, 0.5) is 18.9 Å². The highest BCUT2D eigenvalue weighted by Crippen LogP contribution is 2.39. The molecule has 1 fully saturated rings. The summed E-state index contributed by atoms with van der Waals surface area (Å²) in [6.45, 7) is 8.28. The zero-order valence-corrected chi connectivity index (χ0v) is 23.2. The predicted molar refractivity (Wildman–Crippen MR) is 147 cm³/mol. The molecule has 5 rings (SSSR count). The van der Waals surface area contributed by atoms with E-state index >= 15 is 0 Å². The first-order chi connectivity index (χ1) is 18.8. The summed E-state index contributed by atoms with van der Waals surface area (Å²) in [6.07, 6.45) is -1.67. The number of fused-ring (bicyclic) bond motifs is 1. The number of rotatable bonds is 5. The molecule has 2 aromatic carbocycles. The van der Waals surface area contributed by atoms with E-state index in [2.05, 4.69) is 33.5 Å². The van der Waals surface area contributed by atoms with E-state index in [1.807, 2.05) is 32.0 Å². The third-order valence-electron chi connectivity index (χ3n) is 7.01. The molecular weight excluding hydrogens is 529 g/mol. The molecule has 1 atom stereocenters. The van der Waals surface area contributed by atoms with E-state index in [0.29, 0.717) is 31.0 Å². The van der Waals surface area contributed by atoms with Gasteiger partial charge in [0.25, 0.3) is 0 Å². The Bertz CT molecular complexity index is 1310. The minimum absolute atomic E-state index is 0.0186. The number of ether oxygens (including phenoxy) is 1. The van der Waals surface area contributed by atoms with Crippen LogP contribution in [-0.2, 0) is 23.9 Å². The molecule has 0 aliphatic carbocycles. The molecule has 0 bridgehead atoms. The molecule has 2 aliphatic rings. The molecule has 39 heavy (non-hydrogen) atoms. The van der Waals surface area contributed by atoms with Crippen LogP contribution in [-0.4, -0.2) is 42.0 Å². The first kappa shape index (κ1) is 29.0. The molecule has 1 saturated heterocycles. The topological polar surface area (TPSA) is 59.4 Å². The maximum Gasteiger partial charge on any atom is 0.433 e. The van der Waals surface area contributed by atoms with E-state index in [1.54, 1.807) is 6.92 Å². The van der Waals surface area contributed by atoms with Crippen molar-refractivity contribution < 1.29 is 22.7 Å². The summed E-state index contributed by atoms with van der Waals surface area (Å²) in [5.74, 6) is -1.02. The average molecular weight is 563 g/mol. The number of carbonyl (C=O) groups excluding carboxylic acids is 1. The van der Waals surface area contributed by atoms with Gasteiger partial charge in [0.2, 0.25) is 0 Å². The van der Waals surface area contributed by atoms with E-state index in [-0.39, 0.29) is 6.61 Å². The molecule has 1 aromatic heterocycles. The lowest BCUT2D eigenvalue weighted by Gasteiger charge is -2.36. The number of benzene rings is 2. The van der Waals surface area contributed by atoms with E-state index in [4.69, 9.17) is 16.3 Å². The van der Waals surface area contributed by atoms with Gasteiger partial charge in [-0.1, -0.05) is 49.7 Å². The zero-order valence-electron chi connectivity index (χ0n) is 22.4. The van der Waals surface area contributed by atoms with Crippen molar-refractivity contribution in [2.45, 2.75) is 58.8 Å². The van der Waals surface area contributed by atoms with E-state index in [9.17, 15) is 18.0 Å². The van der Waals surface area contributed by atoms with Gasteiger partial charge in [0.1, 0.15) is 5.56 Å². The maximum absolute atomic E-state index is 14.1. The molecule has 6 nitrogen and oxygen atoms in total. The normalized spacial score (nSPS) is 17.2. The third-order valence-corrected chi connectivity index (χ3v) is 7.24. The van der Waals surface area contributed by atoms with Crippen LogP contribution in [0.25, 0.3) is 11.1 Å². The minimum Gasteiger partial charge on any atom is -0.462 e. The largest absolute Gasteiger partial charge is 0.462 e. The zero-order chi connectivity index (χ0) is 28.2. The quantitative estimate of drug-likeness (QED) is 0.342. The van der Waals surface area contributed by atoms with Gasteiger partial charge in [0, 0.05) is 35.9 Å². The highest BCUT2D eigenvalue weighted by molar-refractivity contribution is 6.31. The lowest BCUT2D eigenvalue weighted by molar-refractivity contribution is -0.145. The monoisotopic (exact) mass is 562 g/mol. The van der Waals surface area contributed by atoms with Crippen molar-refractivity contribution in [3.8, 4) is 11.1 Å². The Morgan fingerprint density at radius 2 is 1.97 bits per heavy atom. The molecule has 1 N–H and O–H groups in total. The molecule has 10 heteroatoms. The van der Waals surface area contributed by atoms with Crippen molar-refractivity contribution in [3.63, 3.8) is 0 Å². The molecule has 210 valence electrons. The SMILES string of the molecule is CC.CCOC(=O)c1cnn(C2CCCN(c3cc(Cl)ccc3-c3ccc4c(c3)CCNC4)C2)c1C(F)(F)F. The van der Waals surface area contributed by atoms with Crippen molar-refractivity contribution in [1.29, 1.82) is 0 Å². The van der Waals surface area contributed by atoms with Gasteiger partial charge in [-0.05, 0) is 61.6 Å². The Morgan fingerprint density at radius 3 is 2.72 bits per heavy atom. The number of hydrogen-bond donors (Lipinski definition) is 1. The first-order valence-corrected chi connectivity index (χ1v) is 13.8. The Labute approximate surface area is 232 Å². The summed E-state index contributed by atoms with van der Waals surface area (Å²) in [5, 5.41) is 7.96. The van der Waals surface area contributed by atoms with Crippen LogP contribution in [0.1, 0.15) is 66.8 Å². The number of esters is 1. The molecule has 3 aromatic rings. The number of piperidine rings is 1. The van der Waals surface area contributed by atoms with Gasteiger partial charge in [0.05, 0.1) is 18.8 Å². The number of nitrogens with zero attached hydrogens (tertiary/aromatic N) is 3. The molecule has 0 radical (unpaired) electrons. The van der Waals surface area contributed by atoms with E-state index < -0.39 is 29.4 Å². The summed E-state index contributed by atoms with van der Waals surface area (Å²) in [6, 6.07) is 11.5. The number of aromatic nitrogens is 2. The van der Waals surface area contributed by atoms with Gasteiger partial charge in [0.15, 0.2) is 5.69 Å². The molecule has 0 saturated carbocycles. The van der Waals surface area contributed by atoms with Crippen molar-refractivity contribution in [3.05, 3.63) is 70.0 Å². The number of alkyl halides is 3. The van der Waals surface area contributed by atoms with Gasteiger partial charge in [-0.25, -0.2) is 4.79 Å². The van der Waals surface area contributed by atoms with Crippen LogP contribution in [0.15, 0.2) is 42.6 Å². The van der Waals surface area contributed by atoms with Crippen molar-refractivity contribution in [2.24, 2.45) is 0 Å². The van der Waals surface area contributed by atoms with Gasteiger partial charge in [-0.15, -0.1) is 0 Å². The van der Waals surface area contributed by atoms with Gasteiger partial charge in [-0.2, -0.15) is 18.3 Å². The lowest BCUT2D eigenvalue weighted by atomic mass is 9.94. The molecule has 0 spiro atoms. The van der Waals surface area contributed by atoms with Crippen LogP contribution < -0.4 is 10.2 Å². The Morgan fingerprint density at radius 1 is 1.18 bits per heavy atom. The Kier molecular flexibility index (Phi) is 9.23. The molecular formula is C29H34ClF3N4O2. The van der Waals surface area contributed by atoms with E-state index in [0.717, 1.165) is 47.2 Å². The van der Waals surface area contributed by atoms with Crippen LogP contribution in [0.3, 0.4) is 0 Å². The van der Waals surface area contributed by atoms with Crippen LogP contribution in [0.2, 0.25) is 5.02 Å². The predicted octanol–water partition coefficient (Wildman–Crippen LogP) is 6.91. The number of nitrogens with one attached hydrogen (secondary N) is 1. The summed E-state index contributed by atoms with van der Waals surface area (Å²) in [5.41, 5.74) is 3.86. The first-order valence-electron chi connectivity index (χ1n) is 13.5. The number of carbonyl (C=O) groups is 1. The minimum atomic E-state index is -4.75. The van der Waals surface area contributed by atoms with Crippen LogP contribution in [0, 0.1) is 0 Å². The highest BCUT2D eigenvalue weighted by atomic mass is 35.5. The summed E-state index contributed by atoms with van der Waals surface area (Å²) < 4.78 is 48.1. The van der Waals surface area contributed by atoms with Gasteiger partial charge >= 0.3 is 12.1 Å². The molecule has 0 amide bonds. The summed E-state index contributed by atoms with van der Waals surface area (Å²) in [7, 11) is 0. The van der Waals surface area contributed by atoms with Gasteiger partial charge in [-0.3, -0.25) is 4.68 Å². The third kappa shape index (κ3) is 6.25. The van der Waals surface area contributed by atoms with Crippen molar-refractivity contribution in [2.75, 3.05) is 31.1 Å². The molecule has 2 aliphatic heterocycles. The standard InChI is InChI=1S/C27H28ClF3N4O2.C2H6/c1-2-37-26(36)23-15-33-35(25(23)27(29,30)31)21-4-3-11-34(16-21)24-13-20(28)7-8-22(24)18-5-6-19-14-32-10-9-17(19)12-18;1-2/h5-8,12-13,15,21,32H,2-4,9-11,14,16H2,1H3;1-2H3. The average Bonchev–Trinajstić information content (AvgIpc) is 3.41. The maximum atomic E-state index is 14.1. The highest BCUT2D eigenvalue weighted by Gasteiger charge is 2.42. The fourth-order valence-corrected chi connectivity index (χ4v) is 5.47. The molecule has 1 unspecified atom stereocenters. The number of halogens is 4. The van der Waals surface area contributed by atoms with Gasteiger partial charge < -0.3 is 15.0 Å². The Balaban J connectivity index is 0.00000172. The fourth-order valence-electron chi connectivity index (χ4n) is 5.31. The lowest BCUT2D eigenvalue weighted by Crippen LogP contribution is -2.38. The Hall–Kier alpha value is -3.04. The fraction of sp³-hybridized carbons (Fsp3) is 0.448. The second-order valence-corrected chi connectivity index (χ2v) is 9.82. The summed E-state index contributed by atoms with van der Waals surface area (Å²) in [4.78, 5) is 14.3. The van der Waals surface area contributed by atoms with Crippen molar-refractivity contribution >= 4 is 23.3 Å². The number of anilines is 1. The van der Waals surface area contributed by atoms with Crippen molar-refractivity contribution in [1.82, 2.24) is 15.1 Å². The van der Waals surface area contributed by atoms with Crippen LogP contribution >= 0.6 is 11.6 Å². The molecule has 3 heterocycles. The number of hydrogen-bond acceptors (Lipinski definition) is 5. The second-order valence-electron chi connectivity index (χ2n) is 9.38. The summed E-state index contributed by atoms with van der Waals surface area (Å²) >= 11 is 6.39. The van der Waals surface area contributed by atoms with Crippen LogP contribution in [0.5, 0.6) is 0 Å². The second kappa shape index (κ2) is 12.4. The van der Waals surface area contributed by atoms with E-state index in [1.165, 1.54) is 11.1 Å². The smallest absolute Gasteiger partial charge is 0.433 e.